The minimum Gasteiger partial charge on any atom is -0.460 e. The molecule has 19 heavy (non-hydrogen) atoms. The van der Waals surface area contributed by atoms with Crippen LogP contribution in [0.1, 0.15) is 30.6 Å². The average molecular weight is 253 g/mol. The minimum absolute atomic E-state index is 0.249. The summed E-state index contributed by atoms with van der Waals surface area (Å²) in [6.07, 6.45) is 4.13. The number of rotatable bonds is 2. The minimum atomic E-state index is 0.249. The Morgan fingerprint density at radius 3 is 2.95 bits per heavy atom. The van der Waals surface area contributed by atoms with E-state index in [9.17, 15) is 0 Å². The lowest BCUT2D eigenvalue weighted by atomic mass is 9.77. The zero-order valence-electron chi connectivity index (χ0n) is 11.5. The topological polar surface area (TPSA) is 25.5 Å². The number of hydrogen-bond acceptors (Lipinski definition) is 2. The first-order valence-electron chi connectivity index (χ1n) is 6.85. The van der Waals surface area contributed by atoms with Crippen LogP contribution in [0, 0.1) is 5.92 Å². The van der Waals surface area contributed by atoms with Gasteiger partial charge in [-0.15, -0.1) is 0 Å². The summed E-state index contributed by atoms with van der Waals surface area (Å²) in [5.41, 5.74) is 3.39. The summed E-state index contributed by atoms with van der Waals surface area (Å²) in [6, 6.07) is 8.30. The lowest BCUT2D eigenvalue weighted by Crippen LogP contribution is -2.23. The molecule has 0 saturated heterocycles. The van der Waals surface area contributed by atoms with E-state index in [4.69, 9.17) is 4.42 Å². The molecule has 0 N–H and O–H groups in total. The third kappa shape index (κ3) is 1.83. The number of nitrogens with zero attached hydrogens (tertiary/aromatic N) is 1. The molecule has 0 bridgehead atoms. The number of aryl methyl sites for hydroxylation is 1. The Labute approximate surface area is 113 Å². The SMILES string of the molecule is C=CC(=NC)C1c2oc3ccccc3c2CCC1C. The van der Waals surface area contributed by atoms with Gasteiger partial charge in [0.15, 0.2) is 0 Å². The number of aliphatic imine (C=N–C) groups is 1. The third-order valence-electron chi connectivity index (χ3n) is 4.22. The monoisotopic (exact) mass is 253 g/mol. The number of para-hydroxylation sites is 1. The quantitative estimate of drug-likeness (QED) is 0.730. The van der Waals surface area contributed by atoms with Gasteiger partial charge in [-0.3, -0.25) is 4.99 Å². The Balaban J connectivity index is 2.22. The van der Waals surface area contributed by atoms with Crippen molar-refractivity contribution in [2.24, 2.45) is 10.9 Å². The fourth-order valence-corrected chi connectivity index (χ4v) is 3.21. The maximum Gasteiger partial charge on any atom is 0.134 e. The molecule has 2 unspecified atom stereocenters. The molecule has 0 amide bonds. The van der Waals surface area contributed by atoms with Crippen molar-refractivity contribution in [3.05, 3.63) is 48.2 Å². The molecule has 1 aromatic heterocycles. The molecule has 0 fully saturated rings. The van der Waals surface area contributed by atoms with Gasteiger partial charge in [0.2, 0.25) is 0 Å². The predicted molar refractivity (Wildman–Crippen MR) is 80.0 cm³/mol. The van der Waals surface area contributed by atoms with Crippen molar-refractivity contribution in [1.82, 2.24) is 0 Å². The highest BCUT2D eigenvalue weighted by molar-refractivity contribution is 6.01. The lowest BCUT2D eigenvalue weighted by molar-refractivity contribution is 0.402. The first kappa shape index (κ1) is 12.2. The largest absolute Gasteiger partial charge is 0.460 e. The number of furan rings is 1. The van der Waals surface area contributed by atoms with E-state index in [-0.39, 0.29) is 5.92 Å². The Hall–Kier alpha value is -1.83. The molecule has 2 heteroatoms. The highest BCUT2D eigenvalue weighted by Crippen LogP contribution is 2.42. The maximum atomic E-state index is 6.13. The van der Waals surface area contributed by atoms with Gasteiger partial charge >= 0.3 is 0 Å². The third-order valence-corrected chi connectivity index (χ3v) is 4.22. The number of benzene rings is 1. The van der Waals surface area contributed by atoms with E-state index in [1.807, 2.05) is 25.3 Å². The molecule has 2 atom stereocenters. The normalized spacial score (nSPS) is 23.4. The Morgan fingerprint density at radius 1 is 1.42 bits per heavy atom. The molecule has 1 aliphatic rings. The van der Waals surface area contributed by atoms with Crippen LogP contribution >= 0.6 is 0 Å². The first-order chi connectivity index (χ1) is 9.26. The van der Waals surface area contributed by atoms with Gasteiger partial charge in [0.1, 0.15) is 11.3 Å². The van der Waals surface area contributed by atoms with E-state index in [0.717, 1.165) is 23.5 Å². The molecule has 3 rings (SSSR count). The van der Waals surface area contributed by atoms with Crippen LogP contribution in [0.25, 0.3) is 11.0 Å². The average Bonchev–Trinajstić information content (AvgIpc) is 2.81. The summed E-state index contributed by atoms with van der Waals surface area (Å²) in [7, 11) is 1.83. The van der Waals surface area contributed by atoms with E-state index < -0.39 is 0 Å². The molecular weight excluding hydrogens is 234 g/mol. The van der Waals surface area contributed by atoms with Gasteiger partial charge in [-0.25, -0.2) is 0 Å². The summed E-state index contributed by atoms with van der Waals surface area (Å²) >= 11 is 0. The smallest absolute Gasteiger partial charge is 0.134 e. The van der Waals surface area contributed by atoms with Gasteiger partial charge in [0, 0.05) is 23.7 Å². The van der Waals surface area contributed by atoms with E-state index >= 15 is 0 Å². The predicted octanol–water partition coefficient (Wildman–Crippen LogP) is 4.36. The van der Waals surface area contributed by atoms with Gasteiger partial charge in [-0.05, 0) is 30.9 Å². The van der Waals surface area contributed by atoms with Crippen LogP contribution in [0.15, 0.2) is 46.3 Å². The van der Waals surface area contributed by atoms with E-state index in [2.05, 4.69) is 30.6 Å². The molecule has 98 valence electrons. The van der Waals surface area contributed by atoms with E-state index in [1.165, 1.54) is 17.4 Å². The molecule has 0 saturated carbocycles. The van der Waals surface area contributed by atoms with Crippen molar-refractivity contribution in [2.45, 2.75) is 25.7 Å². The molecule has 0 radical (unpaired) electrons. The summed E-state index contributed by atoms with van der Waals surface area (Å²) in [5, 5.41) is 1.26. The van der Waals surface area contributed by atoms with Gasteiger partial charge in [-0.2, -0.15) is 0 Å². The molecule has 2 nitrogen and oxygen atoms in total. The molecule has 0 spiro atoms. The molecule has 1 aromatic carbocycles. The van der Waals surface area contributed by atoms with Crippen LogP contribution in [0.3, 0.4) is 0 Å². The Bertz CT molecular complexity index is 650. The fourth-order valence-electron chi connectivity index (χ4n) is 3.21. The van der Waals surface area contributed by atoms with Crippen molar-refractivity contribution in [3.63, 3.8) is 0 Å². The van der Waals surface area contributed by atoms with Crippen molar-refractivity contribution >= 4 is 16.7 Å². The Kier molecular flexibility index (Phi) is 3.02. The zero-order chi connectivity index (χ0) is 13.4. The van der Waals surface area contributed by atoms with Crippen LogP contribution in [0.4, 0.5) is 0 Å². The van der Waals surface area contributed by atoms with Crippen molar-refractivity contribution in [3.8, 4) is 0 Å². The summed E-state index contributed by atoms with van der Waals surface area (Å²) in [6.45, 7) is 6.17. The van der Waals surface area contributed by atoms with Crippen LogP contribution in [0.5, 0.6) is 0 Å². The zero-order valence-corrected chi connectivity index (χ0v) is 11.5. The number of fused-ring (bicyclic) bond motifs is 3. The number of allylic oxidation sites excluding steroid dienone is 1. The van der Waals surface area contributed by atoms with Gasteiger partial charge in [0.25, 0.3) is 0 Å². The van der Waals surface area contributed by atoms with Gasteiger partial charge in [-0.1, -0.05) is 31.7 Å². The van der Waals surface area contributed by atoms with Crippen molar-refractivity contribution in [2.75, 3.05) is 7.05 Å². The second-order valence-corrected chi connectivity index (χ2v) is 5.29. The van der Waals surface area contributed by atoms with Crippen LogP contribution in [-0.4, -0.2) is 12.8 Å². The van der Waals surface area contributed by atoms with E-state index in [0.29, 0.717) is 5.92 Å². The van der Waals surface area contributed by atoms with Crippen molar-refractivity contribution in [1.29, 1.82) is 0 Å². The van der Waals surface area contributed by atoms with Gasteiger partial charge in [0.05, 0.1) is 5.92 Å². The van der Waals surface area contributed by atoms with E-state index in [1.54, 1.807) is 0 Å². The lowest BCUT2D eigenvalue weighted by Gasteiger charge is -2.27. The summed E-state index contributed by atoms with van der Waals surface area (Å²) < 4.78 is 6.13. The van der Waals surface area contributed by atoms with Crippen LogP contribution in [0.2, 0.25) is 0 Å². The van der Waals surface area contributed by atoms with Crippen LogP contribution in [-0.2, 0) is 6.42 Å². The summed E-state index contributed by atoms with van der Waals surface area (Å²) in [4.78, 5) is 4.39. The van der Waals surface area contributed by atoms with Crippen molar-refractivity contribution < 1.29 is 4.42 Å². The second-order valence-electron chi connectivity index (χ2n) is 5.29. The first-order valence-corrected chi connectivity index (χ1v) is 6.85. The maximum absolute atomic E-state index is 6.13. The molecule has 2 aromatic rings. The fraction of sp³-hybridized carbons (Fsp3) is 0.353. The standard InChI is InChI=1S/C17H19NO/c1-4-14(18-3)16-11(2)9-10-13-12-7-5-6-8-15(12)19-17(13)16/h4-8,11,16H,1,9-10H2,2-3H3. The molecule has 0 aliphatic heterocycles. The van der Waals surface area contributed by atoms with Gasteiger partial charge < -0.3 is 4.42 Å². The molecule has 1 aliphatic carbocycles. The summed E-state index contributed by atoms with van der Waals surface area (Å²) in [5.74, 6) is 1.89. The second kappa shape index (κ2) is 4.69. The Morgan fingerprint density at radius 2 is 2.21 bits per heavy atom. The number of hydrogen-bond donors (Lipinski definition) is 0. The molecule has 1 heterocycles. The molecular formula is C17H19NO. The highest BCUT2D eigenvalue weighted by Gasteiger charge is 2.33. The highest BCUT2D eigenvalue weighted by atomic mass is 16.3. The van der Waals surface area contributed by atoms with Crippen LogP contribution < -0.4 is 0 Å².